The van der Waals surface area contributed by atoms with Crippen LogP contribution in [0.5, 0.6) is 0 Å². The molecule has 0 aromatic heterocycles. The van der Waals surface area contributed by atoms with E-state index in [4.69, 9.17) is 7.10 Å². The first-order valence-electron chi connectivity index (χ1n) is 4.38. The van der Waals surface area contributed by atoms with E-state index in [1.165, 1.54) is 4.90 Å². The summed E-state index contributed by atoms with van der Waals surface area (Å²) in [5.74, 6) is 0. The summed E-state index contributed by atoms with van der Waals surface area (Å²) in [6.45, 7) is 5.84. The van der Waals surface area contributed by atoms with Gasteiger partial charge in [-0.3, -0.25) is 4.79 Å². The molecule has 1 fully saturated rings. The van der Waals surface area contributed by atoms with Gasteiger partial charge in [-0.25, -0.2) is 0 Å². The van der Waals surface area contributed by atoms with Crippen molar-refractivity contribution in [3.05, 3.63) is 6.92 Å². The van der Waals surface area contributed by atoms with Crippen molar-refractivity contribution in [3.63, 3.8) is 0 Å². The largest absolute Gasteiger partial charge is 0.345 e. The molecular weight excluding hydrogens is 229 g/mol. The normalized spacial score (nSPS) is 22.5. The van der Waals surface area contributed by atoms with Crippen LogP contribution in [0.25, 0.3) is 0 Å². The van der Waals surface area contributed by atoms with E-state index in [0.29, 0.717) is 19.6 Å². The molecule has 0 atom stereocenters. The standard InChI is InChI=1S/C8H15N2O.Y/c1-8(6-9)2-4-10(7-11)5-3-8;/h7H,1-6,9H2;/q-1;/i7T;. The maximum atomic E-state index is 10.6. The Labute approximate surface area is 100 Å². The summed E-state index contributed by atoms with van der Waals surface area (Å²) in [7, 11) is 0. The van der Waals surface area contributed by atoms with Gasteiger partial charge in [0.1, 0.15) is 1.37 Å². The van der Waals surface area contributed by atoms with Crippen LogP contribution in [0.2, 0.25) is 0 Å². The molecule has 1 radical (unpaired) electrons. The number of likely N-dealkylation sites (tertiary alicyclic amines) is 1. The summed E-state index contributed by atoms with van der Waals surface area (Å²) >= 11 is 0. The number of carbonyl (C=O) groups excluding carboxylic acids is 1. The minimum absolute atomic E-state index is 0. The Hall–Kier alpha value is 0.534. The Morgan fingerprint density at radius 1 is 1.67 bits per heavy atom. The average Bonchev–Trinajstić information content (AvgIpc) is 2.05. The third kappa shape index (κ3) is 3.11. The van der Waals surface area contributed by atoms with Crippen LogP contribution < -0.4 is 5.73 Å². The van der Waals surface area contributed by atoms with Crippen molar-refractivity contribution in [1.82, 2.24) is 4.90 Å². The number of nitrogens with zero attached hydrogens (tertiary/aromatic N) is 1. The van der Waals surface area contributed by atoms with Gasteiger partial charge < -0.3 is 17.6 Å². The van der Waals surface area contributed by atoms with Crippen LogP contribution in [0.4, 0.5) is 0 Å². The Balaban J connectivity index is 0.00000144. The summed E-state index contributed by atoms with van der Waals surface area (Å²) in [4.78, 5) is 12.2. The quantitative estimate of drug-likeness (QED) is 0.523. The molecule has 0 spiro atoms. The first-order valence-corrected chi connectivity index (χ1v) is 3.88. The fourth-order valence-electron chi connectivity index (χ4n) is 1.28. The molecule has 1 aliphatic heterocycles. The van der Waals surface area contributed by atoms with Crippen LogP contribution in [0.1, 0.15) is 14.2 Å². The van der Waals surface area contributed by atoms with Crippen molar-refractivity contribution in [2.24, 2.45) is 11.1 Å². The molecule has 1 heterocycles. The van der Waals surface area contributed by atoms with E-state index < -0.39 is 6.39 Å². The van der Waals surface area contributed by atoms with Crippen LogP contribution in [0.3, 0.4) is 0 Å². The SMILES string of the molecule is [3H]C(=O)N1CCC([CH2-])(CN)CC1.[Y]. The number of nitrogens with two attached hydrogens (primary N) is 1. The third-order valence-corrected chi connectivity index (χ3v) is 2.39. The number of piperidine rings is 1. The van der Waals surface area contributed by atoms with E-state index in [2.05, 4.69) is 6.92 Å². The molecule has 0 aromatic rings. The van der Waals surface area contributed by atoms with Crippen LogP contribution in [0, 0.1) is 12.3 Å². The van der Waals surface area contributed by atoms with Gasteiger partial charge >= 0.3 is 0 Å². The molecule has 0 saturated carbocycles. The van der Waals surface area contributed by atoms with E-state index in [-0.39, 0.29) is 38.1 Å². The van der Waals surface area contributed by atoms with Crippen LogP contribution in [-0.4, -0.2) is 30.9 Å². The second-order valence-corrected chi connectivity index (χ2v) is 3.28. The zero-order valence-corrected chi connectivity index (χ0v) is 10.1. The molecule has 3 nitrogen and oxygen atoms in total. The minimum Gasteiger partial charge on any atom is -0.345 e. The summed E-state index contributed by atoms with van der Waals surface area (Å²) in [6.07, 6.45) is 1.04. The van der Waals surface area contributed by atoms with Crippen molar-refractivity contribution in [2.75, 3.05) is 19.6 Å². The Morgan fingerprint density at radius 3 is 2.50 bits per heavy atom. The molecule has 0 unspecified atom stereocenters. The van der Waals surface area contributed by atoms with Crippen LogP contribution in [-0.2, 0) is 37.5 Å². The first kappa shape index (κ1) is 10.6. The van der Waals surface area contributed by atoms with Gasteiger partial charge in [0.15, 0.2) is 0 Å². The smallest absolute Gasteiger partial charge is 0.209 e. The van der Waals surface area contributed by atoms with Crippen LogP contribution in [0.15, 0.2) is 0 Å². The Bertz CT molecular complexity index is 181. The van der Waals surface area contributed by atoms with Gasteiger partial charge in [0.2, 0.25) is 6.39 Å². The van der Waals surface area contributed by atoms with E-state index in [1.807, 2.05) is 0 Å². The van der Waals surface area contributed by atoms with Crippen molar-refractivity contribution in [2.45, 2.75) is 12.8 Å². The molecule has 0 aliphatic carbocycles. The van der Waals surface area contributed by atoms with Crippen molar-refractivity contribution >= 4 is 6.39 Å². The van der Waals surface area contributed by atoms with Gasteiger partial charge in [0, 0.05) is 45.8 Å². The second-order valence-electron chi connectivity index (χ2n) is 3.28. The van der Waals surface area contributed by atoms with E-state index >= 15 is 0 Å². The zero-order valence-electron chi connectivity index (χ0n) is 8.25. The molecular formula is C8H15N2OY-. The topological polar surface area (TPSA) is 46.3 Å². The van der Waals surface area contributed by atoms with Crippen molar-refractivity contribution < 1.29 is 38.9 Å². The third-order valence-electron chi connectivity index (χ3n) is 2.39. The minimum atomic E-state index is -0.589. The van der Waals surface area contributed by atoms with Crippen molar-refractivity contribution in [3.8, 4) is 0 Å². The Kier molecular flexibility index (Phi) is 4.69. The maximum Gasteiger partial charge on any atom is 0.209 e. The van der Waals surface area contributed by atoms with Gasteiger partial charge in [-0.1, -0.05) is 12.8 Å². The first-order chi connectivity index (χ1) is 5.57. The summed E-state index contributed by atoms with van der Waals surface area (Å²) < 4.78 is 6.89. The molecule has 1 saturated heterocycles. The van der Waals surface area contributed by atoms with Gasteiger partial charge in [-0.15, -0.1) is 5.41 Å². The number of rotatable bonds is 1. The number of carbonyl (C=O) groups is 1. The molecule has 0 bridgehead atoms. The maximum absolute atomic E-state index is 10.6. The fraction of sp³-hybridized carbons (Fsp3) is 0.750. The molecule has 2 N–H and O–H groups in total. The number of hydrogen-bond acceptors (Lipinski definition) is 2. The molecule has 1 rings (SSSR count). The molecule has 1 aliphatic rings. The van der Waals surface area contributed by atoms with E-state index in [9.17, 15) is 4.79 Å². The number of amides is 1. The van der Waals surface area contributed by atoms with Gasteiger partial charge in [0.25, 0.3) is 0 Å². The fourth-order valence-corrected chi connectivity index (χ4v) is 1.28. The van der Waals surface area contributed by atoms with Crippen molar-refractivity contribution in [1.29, 1.82) is 0 Å². The molecule has 1 amide bonds. The Morgan fingerprint density at radius 2 is 2.17 bits per heavy atom. The molecule has 12 heavy (non-hydrogen) atoms. The zero-order chi connectivity index (χ0) is 9.19. The molecule has 67 valence electrons. The monoisotopic (exact) mass is 246 g/mol. The predicted octanol–water partition coefficient (Wildman–Crippen LogP) is 0.0153. The van der Waals surface area contributed by atoms with E-state index in [0.717, 1.165) is 12.8 Å². The second kappa shape index (κ2) is 5.30. The molecule has 0 aromatic carbocycles. The predicted molar refractivity (Wildman–Crippen MR) is 43.7 cm³/mol. The van der Waals surface area contributed by atoms with Gasteiger partial charge in [0.05, 0.1) is 0 Å². The summed E-state index contributed by atoms with van der Waals surface area (Å²) in [5, 5.41) is 0. The summed E-state index contributed by atoms with van der Waals surface area (Å²) in [6, 6.07) is 0. The summed E-state index contributed by atoms with van der Waals surface area (Å²) in [5.41, 5.74) is 5.48. The average molecular weight is 246 g/mol. The molecule has 4 heteroatoms. The van der Waals surface area contributed by atoms with Gasteiger partial charge in [-0.05, 0) is 6.54 Å². The van der Waals surface area contributed by atoms with Crippen LogP contribution >= 0.6 is 0 Å². The van der Waals surface area contributed by atoms with Gasteiger partial charge in [-0.2, -0.15) is 0 Å². The van der Waals surface area contributed by atoms with E-state index in [1.54, 1.807) is 0 Å². The number of hydrogen-bond donors (Lipinski definition) is 1.